The minimum Gasteiger partial charge on any atom is -0.340 e. The van der Waals surface area contributed by atoms with Crippen LogP contribution in [0.15, 0.2) is 0 Å². The lowest BCUT2D eigenvalue weighted by molar-refractivity contribution is -0.135. The standard InChI is InChI=1S/C18H31N3O3/c1-5-20(14(4)13(2)3)15(22)9-12-21-16(23)18(19-17(21)24)10-7-6-8-11-18/h13-14H,5-12H2,1-4H3,(H,19,24). The predicted molar refractivity (Wildman–Crippen MR) is 92.4 cm³/mol. The SMILES string of the molecule is CCN(C(=O)CCN1C(=O)NC2(CCCCC2)C1=O)C(C)C(C)C. The minimum absolute atomic E-state index is 0.00361. The molecule has 1 spiro atoms. The van der Waals surface area contributed by atoms with Crippen LogP contribution in [0.5, 0.6) is 0 Å². The van der Waals surface area contributed by atoms with Gasteiger partial charge in [-0.3, -0.25) is 14.5 Å². The highest BCUT2D eigenvalue weighted by Gasteiger charge is 2.51. The molecule has 1 unspecified atom stereocenters. The van der Waals surface area contributed by atoms with E-state index in [2.05, 4.69) is 19.2 Å². The van der Waals surface area contributed by atoms with Crippen molar-refractivity contribution < 1.29 is 14.4 Å². The fraction of sp³-hybridized carbons (Fsp3) is 0.833. The second kappa shape index (κ2) is 7.53. The summed E-state index contributed by atoms with van der Waals surface area (Å²) in [5.41, 5.74) is -0.700. The monoisotopic (exact) mass is 337 g/mol. The molecule has 1 atom stereocenters. The fourth-order valence-corrected chi connectivity index (χ4v) is 3.78. The van der Waals surface area contributed by atoms with Gasteiger partial charge in [-0.25, -0.2) is 4.79 Å². The van der Waals surface area contributed by atoms with Crippen molar-refractivity contribution in [3.05, 3.63) is 0 Å². The molecule has 2 aliphatic rings. The van der Waals surface area contributed by atoms with E-state index >= 15 is 0 Å². The lowest BCUT2D eigenvalue weighted by Gasteiger charge is -2.32. The van der Waals surface area contributed by atoms with E-state index in [4.69, 9.17) is 0 Å². The van der Waals surface area contributed by atoms with E-state index in [1.54, 1.807) is 0 Å². The summed E-state index contributed by atoms with van der Waals surface area (Å²) in [7, 11) is 0. The summed E-state index contributed by atoms with van der Waals surface area (Å²) in [5, 5.41) is 2.89. The lowest BCUT2D eigenvalue weighted by atomic mass is 9.82. The third-order valence-electron chi connectivity index (χ3n) is 5.62. The molecule has 2 fully saturated rings. The number of carbonyl (C=O) groups is 3. The Morgan fingerprint density at radius 1 is 1.21 bits per heavy atom. The molecule has 0 aromatic heterocycles. The maximum Gasteiger partial charge on any atom is 0.325 e. The van der Waals surface area contributed by atoms with E-state index in [0.717, 1.165) is 19.3 Å². The number of imide groups is 1. The third-order valence-corrected chi connectivity index (χ3v) is 5.62. The number of hydrogen-bond donors (Lipinski definition) is 1. The zero-order valence-electron chi connectivity index (χ0n) is 15.4. The van der Waals surface area contributed by atoms with Crippen LogP contribution in [-0.4, -0.2) is 52.3 Å². The summed E-state index contributed by atoms with van der Waals surface area (Å²) in [5.74, 6) is 0.236. The van der Waals surface area contributed by atoms with Gasteiger partial charge in [-0.1, -0.05) is 33.1 Å². The molecule has 0 bridgehead atoms. The summed E-state index contributed by atoms with van der Waals surface area (Å²) in [6.45, 7) is 8.99. The number of nitrogens with zero attached hydrogens (tertiary/aromatic N) is 2. The summed E-state index contributed by atoms with van der Waals surface area (Å²) in [6, 6.07) is -0.190. The second-order valence-electron chi connectivity index (χ2n) is 7.44. The Morgan fingerprint density at radius 3 is 2.38 bits per heavy atom. The summed E-state index contributed by atoms with van der Waals surface area (Å²) < 4.78 is 0. The van der Waals surface area contributed by atoms with Crippen molar-refractivity contribution in [2.75, 3.05) is 13.1 Å². The third kappa shape index (κ3) is 3.57. The van der Waals surface area contributed by atoms with Crippen LogP contribution in [0.1, 0.15) is 66.2 Å². The average molecular weight is 337 g/mol. The smallest absolute Gasteiger partial charge is 0.325 e. The molecule has 136 valence electrons. The van der Waals surface area contributed by atoms with Gasteiger partial charge in [0.1, 0.15) is 5.54 Å². The Balaban J connectivity index is 1.97. The first-order valence-electron chi connectivity index (χ1n) is 9.26. The van der Waals surface area contributed by atoms with E-state index in [1.165, 1.54) is 4.90 Å². The van der Waals surface area contributed by atoms with E-state index in [-0.39, 0.29) is 36.9 Å². The molecule has 24 heavy (non-hydrogen) atoms. The molecule has 1 N–H and O–H groups in total. The Hall–Kier alpha value is -1.59. The van der Waals surface area contributed by atoms with Crippen molar-refractivity contribution in [2.45, 2.75) is 77.8 Å². The lowest BCUT2D eigenvalue weighted by Crippen LogP contribution is -2.48. The molecule has 1 aliphatic heterocycles. The van der Waals surface area contributed by atoms with Crippen LogP contribution in [0.25, 0.3) is 0 Å². The predicted octanol–water partition coefficient (Wildman–Crippen LogP) is 2.52. The van der Waals surface area contributed by atoms with Gasteiger partial charge in [-0.15, -0.1) is 0 Å². The molecule has 0 aromatic rings. The molecule has 0 aromatic carbocycles. The van der Waals surface area contributed by atoms with Crippen molar-refractivity contribution in [3.63, 3.8) is 0 Å². The van der Waals surface area contributed by atoms with Gasteiger partial charge >= 0.3 is 6.03 Å². The zero-order chi connectivity index (χ0) is 17.9. The Bertz CT molecular complexity index is 498. The van der Waals surface area contributed by atoms with Crippen LogP contribution in [-0.2, 0) is 9.59 Å². The molecule has 1 saturated carbocycles. The molecular formula is C18H31N3O3. The number of hydrogen-bond acceptors (Lipinski definition) is 3. The van der Waals surface area contributed by atoms with Crippen LogP contribution in [0.2, 0.25) is 0 Å². The van der Waals surface area contributed by atoms with E-state index in [9.17, 15) is 14.4 Å². The number of nitrogens with one attached hydrogen (secondary N) is 1. The number of amides is 4. The van der Waals surface area contributed by atoms with E-state index in [1.807, 2.05) is 18.7 Å². The molecule has 1 heterocycles. The Kier molecular flexibility index (Phi) is 5.88. The Morgan fingerprint density at radius 2 is 1.83 bits per heavy atom. The largest absolute Gasteiger partial charge is 0.340 e. The maximum atomic E-state index is 12.7. The highest BCUT2D eigenvalue weighted by molar-refractivity contribution is 6.07. The van der Waals surface area contributed by atoms with Gasteiger partial charge in [0.2, 0.25) is 5.91 Å². The van der Waals surface area contributed by atoms with Gasteiger partial charge in [0.05, 0.1) is 0 Å². The number of urea groups is 1. The van der Waals surface area contributed by atoms with Gasteiger partial charge in [-0.05, 0) is 32.6 Å². The molecule has 6 nitrogen and oxygen atoms in total. The van der Waals surface area contributed by atoms with Gasteiger partial charge in [0.15, 0.2) is 0 Å². The number of carbonyl (C=O) groups excluding carboxylic acids is 3. The first-order valence-corrected chi connectivity index (χ1v) is 9.26. The summed E-state index contributed by atoms with van der Waals surface area (Å²) >= 11 is 0. The topological polar surface area (TPSA) is 69.7 Å². The molecule has 0 radical (unpaired) electrons. The van der Waals surface area contributed by atoms with Crippen molar-refractivity contribution in [1.29, 1.82) is 0 Å². The minimum atomic E-state index is -0.700. The first-order chi connectivity index (χ1) is 11.3. The average Bonchev–Trinajstić information content (AvgIpc) is 2.77. The van der Waals surface area contributed by atoms with Gasteiger partial charge in [0, 0.05) is 25.6 Å². The number of rotatable bonds is 6. The second-order valence-corrected chi connectivity index (χ2v) is 7.44. The van der Waals surface area contributed by atoms with Crippen molar-refractivity contribution >= 4 is 17.8 Å². The Labute approximate surface area is 144 Å². The van der Waals surface area contributed by atoms with E-state index in [0.29, 0.717) is 25.3 Å². The van der Waals surface area contributed by atoms with Crippen LogP contribution in [0.3, 0.4) is 0 Å². The van der Waals surface area contributed by atoms with Gasteiger partial charge in [0.25, 0.3) is 5.91 Å². The van der Waals surface area contributed by atoms with Crippen LogP contribution >= 0.6 is 0 Å². The zero-order valence-corrected chi connectivity index (χ0v) is 15.4. The van der Waals surface area contributed by atoms with Crippen LogP contribution in [0, 0.1) is 5.92 Å². The molecule has 1 saturated heterocycles. The molecule has 4 amide bonds. The molecule has 2 rings (SSSR count). The van der Waals surface area contributed by atoms with Crippen molar-refractivity contribution in [3.8, 4) is 0 Å². The molecule has 6 heteroatoms. The van der Waals surface area contributed by atoms with Crippen molar-refractivity contribution in [1.82, 2.24) is 15.1 Å². The quantitative estimate of drug-likeness (QED) is 0.757. The summed E-state index contributed by atoms with van der Waals surface area (Å²) in [6.07, 6.45) is 4.67. The van der Waals surface area contributed by atoms with Gasteiger partial charge < -0.3 is 10.2 Å². The maximum absolute atomic E-state index is 12.7. The normalized spacial score (nSPS) is 21.3. The van der Waals surface area contributed by atoms with Crippen molar-refractivity contribution in [2.24, 2.45) is 5.92 Å². The first kappa shape index (κ1) is 18.7. The summed E-state index contributed by atoms with van der Waals surface area (Å²) in [4.78, 5) is 40.5. The molecular weight excluding hydrogens is 306 g/mol. The highest BCUT2D eigenvalue weighted by Crippen LogP contribution is 2.33. The van der Waals surface area contributed by atoms with E-state index < -0.39 is 5.54 Å². The highest BCUT2D eigenvalue weighted by atomic mass is 16.2. The molecule has 1 aliphatic carbocycles. The van der Waals surface area contributed by atoms with Crippen LogP contribution in [0.4, 0.5) is 4.79 Å². The van der Waals surface area contributed by atoms with Crippen LogP contribution < -0.4 is 5.32 Å². The fourth-order valence-electron chi connectivity index (χ4n) is 3.78. The van der Waals surface area contributed by atoms with Gasteiger partial charge in [-0.2, -0.15) is 0 Å².